The standard InChI is InChI=1S/C10H7Br2NO/c11-7-5-6(1-2-8(7)13)9-3-4-10(12)14-9/h1-5H,13H2. The lowest BCUT2D eigenvalue weighted by Gasteiger charge is -2.00. The molecule has 72 valence electrons. The zero-order chi connectivity index (χ0) is 10.1. The third kappa shape index (κ3) is 1.86. The predicted octanol–water partition coefficient (Wildman–Crippen LogP) is 4.05. The van der Waals surface area contributed by atoms with Crippen LogP contribution in [-0.2, 0) is 0 Å². The van der Waals surface area contributed by atoms with Gasteiger partial charge in [-0.05, 0) is 62.2 Å². The molecule has 14 heavy (non-hydrogen) atoms. The summed E-state index contributed by atoms with van der Waals surface area (Å²) in [6.45, 7) is 0. The molecule has 0 atom stereocenters. The minimum atomic E-state index is 0.722. The molecule has 0 spiro atoms. The maximum Gasteiger partial charge on any atom is 0.169 e. The van der Waals surface area contributed by atoms with Crippen molar-refractivity contribution < 1.29 is 4.42 Å². The number of hydrogen-bond donors (Lipinski definition) is 1. The van der Waals surface area contributed by atoms with Crippen LogP contribution in [0.2, 0.25) is 0 Å². The molecule has 2 nitrogen and oxygen atoms in total. The molecule has 1 aromatic carbocycles. The van der Waals surface area contributed by atoms with Crippen LogP contribution in [0.5, 0.6) is 0 Å². The van der Waals surface area contributed by atoms with Crippen molar-refractivity contribution in [3.63, 3.8) is 0 Å². The van der Waals surface area contributed by atoms with Gasteiger partial charge in [0.25, 0.3) is 0 Å². The van der Waals surface area contributed by atoms with E-state index in [1.54, 1.807) is 0 Å². The first kappa shape index (κ1) is 9.80. The molecule has 2 aromatic rings. The van der Waals surface area contributed by atoms with Crippen molar-refractivity contribution in [2.75, 3.05) is 5.73 Å². The molecule has 0 aliphatic carbocycles. The zero-order valence-electron chi connectivity index (χ0n) is 7.13. The summed E-state index contributed by atoms with van der Waals surface area (Å²) in [6, 6.07) is 9.46. The molecule has 0 saturated heterocycles. The average Bonchev–Trinajstić information content (AvgIpc) is 2.57. The summed E-state index contributed by atoms with van der Waals surface area (Å²) in [5.41, 5.74) is 7.40. The van der Waals surface area contributed by atoms with Crippen LogP contribution in [0, 0.1) is 0 Å². The van der Waals surface area contributed by atoms with Crippen LogP contribution in [0.25, 0.3) is 11.3 Å². The molecular weight excluding hydrogens is 310 g/mol. The Bertz CT molecular complexity index is 465. The Morgan fingerprint density at radius 2 is 1.86 bits per heavy atom. The Balaban J connectivity index is 2.47. The topological polar surface area (TPSA) is 39.2 Å². The maximum absolute atomic E-state index is 5.69. The Morgan fingerprint density at radius 3 is 2.43 bits per heavy atom. The molecule has 2 N–H and O–H groups in total. The molecule has 0 aliphatic rings. The highest BCUT2D eigenvalue weighted by atomic mass is 79.9. The van der Waals surface area contributed by atoms with Crippen molar-refractivity contribution in [3.05, 3.63) is 39.5 Å². The van der Waals surface area contributed by atoms with Gasteiger partial charge in [-0.3, -0.25) is 0 Å². The third-order valence-electron chi connectivity index (χ3n) is 1.86. The summed E-state index contributed by atoms with van der Waals surface area (Å²) in [4.78, 5) is 0. The Kier molecular flexibility index (Phi) is 2.65. The van der Waals surface area contributed by atoms with E-state index in [9.17, 15) is 0 Å². The minimum absolute atomic E-state index is 0.722. The van der Waals surface area contributed by atoms with E-state index in [2.05, 4.69) is 31.9 Å². The number of nitrogens with two attached hydrogens (primary N) is 1. The van der Waals surface area contributed by atoms with E-state index in [4.69, 9.17) is 10.2 Å². The number of anilines is 1. The third-order valence-corrected chi connectivity index (χ3v) is 2.97. The van der Waals surface area contributed by atoms with E-state index in [1.165, 1.54) is 0 Å². The van der Waals surface area contributed by atoms with Gasteiger partial charge in [-0.1, -0.05) is 0 Å². The van der Waals surface area contributed by atoms with E-state index in [0.29, 0.717) is 0 Å². The summed E-state index contributed by atoms with van der Waals surface area (Å²) in [6.07, 6.45) is 0. The van der Waals surface area contributed by atoms with Gasteiger partial charge in [0.05, 0.1) is 0 Å². The quantitative estimate of drug-likeness (QED) is 0.806. The van der Waals surface area contributed by atoms with E-state index in [1.807, 2.05) is 30.3 Å². The van der Waals surface area contributed by atoms with Gasteiger partial charge in [0.2, 0.25) is 0 Å². The molecule has 0 fully saturated rings. The van der Waals surface area contributed by atoms with Gasteiger partial charge >= 0.3 is 0 Å². The second kappa shape index (κ2) is 3.79. The summed E-state index contributed by atoms with van der Waals surface area (Å²) in [7, 11) is 0. The van der Waals surface area contributed by atoms with Crippen LogP contribution < -0.4 is 5.73 Å². The van der Waals surface area contributed by atoms with E-state index >= 15 is 0 Å². The molecule has 4 heteroatoms. The molecule has 2 rings (SSSR count). The molecular formula is C10H7Br2NO. The summed E-state index contributed by atoms with van der Waals surface area (Å²) in [5.74, 6) is 0.817. The van der Waals surface area contributed by atoms with E-state index in [0.717, 1.165) is 26.2 Å². The van der Waals surface area contributed by atoms with Gasteiger partial charge in [-0.15, -0.1) is 0 Å². The summed E-state index contributed by atoms with van der Waals surface area (Å²) < 4.78 is 7.02. The molecule has 0 saturated carbocycles. The van der Waals surface area contributed by atoms with Gasteiger partial charge < -0.3 is 10.2 Å². The maximum atomic E-state index is 5.69. The Hall–Kier alpha value is -0.740. The first-order chi connectivity index (χ1) is 6.66. The van der Waals surface area contributed by atoms with Crippen LogP contribution in [0.3, 0.4) is 0 Å². The number of benzene rings is 1. The molecule has 0 radical (unpaired) electrons. The normalized spacial score (nSPS) is 10.4. The number of halogens is 2. The summed E-state index contributed by atoms with van der Waals surface area (Å²) >= 11 is 6.63. The lowest BCUT2D eigenvalue weighted by atomic mass is 10.1. The molecule has 1 heterocycles. The van der Waals surface area contributed by atoms with Crippen LogP contribution >= 0.6 is 31.9 Å². The molecule has 0 aliphatic heterocycles. The second-order valence-corrected chi connectivity index (χ2v) is 4.48. The fraction of sp³-hybridized carbons (Fsp3) is 0. The molecule has 0 amide bonds. The highest BCUT2D eigenvalue weighted by Gasteiger charge is 2.04. The monoisotopic (exact) mass is 315 g/mol. The second-order valence-electron chi connectivity index (χ2n) is 2.84. The number of nitrogen functional groups attached to an aromatic ring is 1. The van der Waals surface area contributed by atoms with Crippen molar-refractivity contribution in [1.29, 1.82) is 0 Å². The molecule has 0 unspecified atom stereocenters. The van der Waals surface area contributed by atoms with E-state index in [-0.39, 0.29) is 0 Å². The fourth-order valence-electron chi connectivity index (χ4n) is 1.15. The van der Waals surface area contributed by atoms with E-state index < -0.39 is 0 Å². The lowest BCUT2D eigenvalue weighted by Crippen LogP contribution is -1.85. The Labute approximate surface area is 98.4 Å². The fourth-order valence-corrected chi connectivity index (χ4v) is 1.84. The van der Waals surface area contributed by atoms with Crippen molar-refractivity contribution in [2.24, 2.45) is 0 Å². The average molecular weight is 317 g/mol. The summed E-state index contributed by atoms with van der Waals surface area (Å²) in [5, 5.41) is 0. The lowest BCUT2D eigenvalue weighted by molar-refractivity contribution is 0.556. The first-order valence-electron chi connectivity index (χ1n) is 3.97. The van der Waals surface area contributed by atoms with Gasteiger partial charge in [0, 0.05) is 15.7 Å². The van der Waals surface area contributed by atoms with Crippen LogP contribution in [0.4, 0.5) is 5.69 Å². The highest BCUT2D eigenvalue weighted by molar-refractivity contribution is 9.10. The van der Waals surface area contributed by atoms with Crippen molar-refractivity contribution in [1.82, 2.24) is 0 Å². The molecule has 0 bridgehead atoms. The van der Waals surface area contributed by atoms with Gasteiger partial charge in [-0.2, -0.15) is 0 Å². The SMILES string of the molecule is Nc1ccc(-c2ccc(Br)o2)cc1Br. The number of hydrogen-bond acceptors (Lipinski definition) is 2. The van der Waals surface area contributed by atoms with Crippen LogP contribution in [-0.4, -0.2) is 0 Å². The Morgan fingerprint density at radius 1 is 1.07 bits per heavy atom. The largest absolute Gasteiger partial charge is 0.449 e. The minimum Gasteiger partial charge on any atom is -0.449 e. The van der Waals surface area contributed by atoms with Crippen LogP contribution in [0.1, 0.15) is 0 Å². The van der Waals surface area contributed by atoms with Gasteiger partial charge in [-0.25, -0.2) is 0 Å². The van der Waals surface area contributed by atoms with Gasteiger partial charge in [0.1, 0.15) is 5.76 Å². The van der Waals surface area contributed by atoms with Crippen molar-refractivity contribution in [3.8, 4) is 11.3 Å². The van der Waals surface area contributed by atoms with Crippen molar-refractivity contribution in [2.45, 2.75) is 0 Å². The molecule has 1 aromatic heterocycles. The number of furan rings is 1. The van der Waals surface area contributed by atoms with Crippen LogP contribution in [0.15, 0.2) is 43.9 Å². The van der Waals surface area contributed by atoms with Gasteiger partial charge in [0.15, 0.2) is 4.67 Å². The number of rotatable bonds is 1. The highest BCUT2D eigenvalue weighted by Crippen LogP contribution is 2.29. The predicted molar refractivity (Wildman–Crippen MR) is 64.0 cm³/mol. The first-order valence-corrected chi connectivity index (χ1v) is 5.56. The zero-order valence-corrected chi connectivity index (χ0v) is 10.3. The smallest absolute Gasteiger partial charge is 0.169 e. The van der Waals surface area contributed by atoms with Crippen molar-refractivity contribution >= 4 is 37.5 Å².